The zero-order chi connectivity index (χ0) is 6.85. The van der Waals surface area contributed by atoms with Crippen molar-refractivity contribution in [2.45, 2.75) is 6.92 Å². The van der Waals surface area contributed by atoms with Crippen molar-refractivity contribution in [1.82, 2.24) is 0 Å². The second-order valence-electron chi connectivity index (χ2n) is 1.92. The van der Waals surface area contributed by atoms with E-state index in [1.54, 1.807) is 13.0 Å². The van der Waals surface area contributed by atoms with Crippen molar-refractivity contribution >= 4 is 18.9 Å². The van der Waals surface area contributed by atoms with Gasteiger partial charge in [0.05, 0.1) is 0 Å². The Morgan fingerprint density at radius 3 is 1.80 bits per heavy atom. The van der Waals surface area contributed by atoms with E-state index in [2.05, 4.69) is 0 Å². The van der Waals surface area contributed by atoms with Crippen LogP contribution in [-0.2, 0) is 0 Å². The fraction of sp³-hybridized carbons (Fsp3) is 0.143. The van der Waals surface area contributed by atoms with E-state index < -0.39 is 0 Å². The molecule has 0 heterocycles. The molecule has 0 atom stereocenters. The summed E-state index contributed by atoms with van der Waals surface area (Å²) in [7, 11) is 0. The average molecular weight is 132 g/mol. The molecule has 0 aliphatic carbocycles. The molecule has 1 aromatic carbocycles. The van der Waals surface area contributed by atoms with Gasteiger partial charge in [-0.05, 0) is 19.1 Å². The summed E-state index contributed by atoms with van der Waals surface area (Å²) < 4.78 is 0. The summed E-state index contributed by atoms with van der Waals surface area (Å²) in [6.07, 6.45) is 0. The van der Waals surface area contributed by atoms with Crippen LogP contribution in [0.25, 0.3) is 0 Å². The molecule has 0 saturated carbocycles. The van der Waals surface area contributed by atoms with Gasteiger partial charge in [0.1, 0.15) is 11.5 Å². The number of aromatic hydroxyl groups is 2. The van der Waals surface area contributed by atoms with Crippen molar-refractivity contribution in [1.29, 1.82) is 0 Å². The van der Waals surface area contributed by atoms with Crippen LogP contribution in [0.1, 0.15) is 5.56 Å². The Balaban J connectivity index is 0.000000810. The molecule has 0 aromatic heterocycles. The standard InChI is InChI=1S/C7H8O2.Li.H/c1-5-6(8)3-2-4-7(5)9;;/h2-4,8-9H,1H3;;. The molecular formula is C7H9LiO2. The molecule has 1 rings (SSSR count). The first-order valence-corrected chi connectivity index (χ1v) is 2.69. The third kappa shape index (κ3) is 1.70. The van der Waals surface area contributed by atoms with Crippen LogP contribution in [0.3, 0.4) is 0 Å². The summed E-state index contributed by atoms with van der Waals surface area (Å²) in [5.74, 6) is 0.269. The molecule has 0 bridgehead atoms. The molecule has 0 aliphatic rings. The van der Waals surface area contributed by atoms with E-state index in [4.69, 9.17) is 10.2 Å². The minimum atomic E-state index is 0. The van der Waals surface area contributed by atoms with Gasteiger partial charge in [0, 0.05) is 5.56 Å². The molecule has 50 valence electrons. The first kappa shape index (κ1) is 9.42. The third-order valence-corrected chi connectivity index (χ3v) is 1.28. The number of phenolic OH excluding ortho intramolecular Hbond substituents is 2. The predicted octanol–water partition coefficient (Wildman–Crippen LogP) is 0.758. The van der Waals surface area contributed by atoms with E-state index in [9.17, 15) is 0 Å². The summed E-state index contributed by atoms with van der Waals surface area (Å²) in [4.78, 5) is 0. The second-order valence-corrected chi connectivity index (χ2v) is 1.92. The summed E-state index contributed by atoms with van der Waals surface area (Å²) in [6.45, 7) is 1.66. The Hall–Kier alpha value is -0.583. The maximum atomic E-state index is 8.94. The van der Waals surface area contributed by atoms with Crippen LogP contribution < -0.4 is 0 Å². The molecule has 0 spiro atoms. The summed E-state index contributed by atoms with van der Waals surface area (Å²) in [6, 6.07) is 4.67. The van der Waals surface area contributed by atoms with Crippen LogP contribution in [0.4, 0.5) is 0 Å². The van der Waals surface area contributed by atoms with E-state index in [0.29, 0.717) is 5.56 Å². The van der Waals surface area contributed by atoms with Crippen molar-refractivity contribution in [3.05, 3.63) is 23.8 Å². The molecule has 0 radical (unpaired) electrons. The van der Waals surface area contributed by atoms with E-state index >= 15 is 0 Å². The van der Waals surface area contributed by atoms with Crippen molar-refractivity contribution in [2.24, 2.45) is 0 Å². The fourth-order valence-corrected chi connectivity index (χ4v) is 0.612. The molecular weight excluding hydrogens is 123 g/mol. The Morgan fingerprint density at radius 1 is 1.10 bits per heavy atom. The van der Waals surface area contributed by atoms with Gasteiger partial charge < -0.3 is 10.2 Å². The van der Waals surface area contributed by atoms with Crippen molar-refractivity contribution in [2.75, 3.05) is 0 Å². The molecule has 0 amide bonds. The van der Waals surface area contributed by atoms with Crippen LogP contribution in [0.5, 0.6) is 11.5 Å². The Bertz CT molecular complexity index is 203. The van der Waals surface area contributed by atoms with Crippen molar-refractivity contribution < 1.29 is 10.2 Å². The molecule has 2 N–H and O–H groups in total. The Labute approximate surface area is 71.7 Å². The maximum absolute atomic E-state index is 8.94. The summed E-state index contributed by atoms with van der Waals surface area (Å²) in [5.41, 5.74) is 0.525. The second kappa shape index (κ2) is 3.55. The molecule has 1 aromatic rings. The van der Waals surface area contributed by atoms with Gasteiger partial charge in [-0.3, -0.25) is 0 Å². The van der Waals surface area contributed by atoms with Crippen LogP contribution in [0.2, 0.25) is 0 Å². The topological polar surface area (TPSA) is 40.5 Å². The van der Waals surface area contributed by atoms with E-state index in [1.807, 2.05) is 0 Å². The van der Waals surface area contributed by atoms with Gasteiger partial charge in [-0.25, -0.2) is 0 Å². The Morgan fingerprint density at radius 2 is 1.50 bits per heavy atom. The number of phenols is 2. The number of hydrogen-bond acceptors (Lipinski definition) is 2. The third-order valence-electron chi connectivity index (χ3n) is 1.28. The van der Waals surface area contributed by atoms with E-state index in [-0.39, 0.29) is 30.4 Å². The van der Waals surface area contributed by atoms with Gasteiger partial charge in [0.2, 0.25) is 0 Å². The average Bonchev–Trinajstić information content (AvgIpc) is 1.83. The molecule has 0 saturated heterocycles. The van der Waals surface area contributed by atoms with Crippen molar-refractivity contribution in [3.8, 4) is 11.5 Å². The van der Waals surface area contributed by atoms with Gasteiger partial charge in [-0.2, -0.15) is 0 Å². The van der Waals surface area contributed by atoms with Gasteiger partial charge >= 0.3 is 18.9 Å². The minimum absolute atomic E-state index is 0. The molecule has 0 aliphatic heterocycles. The first-order chi connectivity index (χ1) is 4.22. The first-order valence-electron chi connectivity index (χ1n) is 2.69. The van der Waals surface area contributed by atoms with Crippen LogP contribution >= 0.6 is 0 Å². The van der Waals surface area contributed by atoms with Gasteiger partial charge in [0.15, 0.2) is 0 Å². The number of rotatable bonds is 0. The molecule has 0 unspecified atom stereocenters. The summed E-state index contributed by atoms with van der Waals surface area (Å²) in [5, 5.41) is 17.9. The van der Waals surface area contributed by atoms with Gasteiger partial charge in [-0.1, -0.05) is 6.07 Å². The predicted molar refractivity (Wildman–Crippen MR) is 41.7 cm³/mol. The number of hydrogen-bond donors (Lipinski definition) is 2. The summed E-state index contributed by atoms with van der Waals surface area (Å²) >= 11 is 0. The monoisotopic (exact) mass is 132 g/mol. The molecule has 0 fully saturated rings. The quantitative estimate of drug-likeness (QED) is 0.511. The number of benzene rings is 1. The Kier molecular flexibility index (Phi) is 3.35. The van der Waals surface area contributed by atoms with Gasteiger partial charge in [-0.15, -0.1) is 0 Å². The van der Waals surface area contributed by atoms with E-state index in [0.717, 1.165) is 0 Å². The van der Waals surface area contributed by atoms with Crippen LogP contribution in [0, 0.1) is 6.92 Å². The normalized spacial score (nSPS) is 8.50. The molecule has 2 nitrogen and oxygen atoms in total. The SMILES string of the molecule is Cc1c(O)cccc1O.[LiH]. The zero-order valence-electron chi connectivity index (χ0n) is 5.13. The van der Waals surface area contributed by atoms with E-state index in [1.165, 1.54) is 12.1 Å². The molecule has 3 heteroatoms. The van der Waals surface area contributed by atoms with Gasteiger partial charge in [0.25, 0.3) is 0 Å². The fourth-order valence-electron chi connectivity index (χ4n) is 0.612. The zero-order valence-corrected chi connectivity index (χ0v) is 5.13. The van der Waals surface area contributed by atoms with Crippen LogP contribution in [0.15, 0.2) is 18.2 Å². The van der Waals surface area contributed by atoms with Crippen LogP contribution in [-0.4, -0.2) is 29.1 Å². The van der Waals surface area contributed by atoms with Crippen molar-refractivity contribution in [3.63, 3.8) is 0 Å². The molecule has 10 heavy (non-hydrogen) atoms.